The molecule has 1 aliphatic rings. The summed E-state index contributed by atoms with van der Waals surface area (Å²) in [7, 11) is 0. The van der Waals surface area contributed by atoms with Gasteiger partial charge >= 0.3 is 12.3 Å². The third-order valence-electron chi connectivity index (χ3n) is 2.53. The summed E-state index contributed by atoms with van der Waals surface area (Å²) >= 11 is 0. The minimum absolute atomic E-state index is 0.0377. The lowest BCUT2D eigenvalue weighted by atomic mass is 10.0. The van der Waals surface area contributed by atoms with Gasteiger partial charge in [-0.05, 0) is 33.6 Å². The summed E-state index contributed by atoms with van der Waals surface area (Å²) in [5.74, 6) is 0. The molecule has 0 bridgehead atoms. The molecule has 1 fully saturated rings. The Morgan fingerprint density at radius 2 is 1.89 bits per heavy atom. The zero-order valence-corrected chi connectivity index (χ0v) is 10.7. The van der Waals surface area contributed by atoms with Gasteiger partial charge in [-0.25, -0.2) is 4.79 Å². The van der Waals surface area contributed by atoms with E-state index in [9.17, 15) is 18.0 Å². The van der Waals surface area contributed by atoms with Crippen molar-refractivity contribution in [2.24, 2.45) is 0 Å². The third kappa shape index (κ3) is 5.12. The number of alkyl carbamates (subject to hydrolysis) is 1. The molecule has 2 N–H and O–H groups in total. The highest BCUT2D eigenvalue weighted by Gasteiger charge is 2.41. The summed E-state index contributed by atoms with van der Waals surface area (Å²) in [6.45, 7) is 5.28. The molecule has 1 rings (SSSR count). The van der Waals surface area contributed by atoms with Crippen molar-refractivity contribution >= 4 is 6.09 Å². The molecule has 1 saturated heterocycles. The largest absolute Gasteiger partial charge is 0.444 e. The number of carbonyl (C=O) groups is 1. The van der Waals surface area contributed by atoms with Crippen LogP contribution < -0.4 is 10.6 Å². The second kappa shape index (κ2) is 5.34. The van der Waals surface area contributed by atoms with E-state index in [1.54, 1.807) is 20.8 Å². The monoisotopic (exact) mass is 268 g/mol. The molecule has 106 valence electrons. The topological polar surface area (TPSA) is 50.4 Å². The van der Waals surface area contributed by atoms with E-state index in [0.29, 0.717) is 0 Å². The van der Waals surface area contributed by atoms with Crippen LogP contribution in [0.3, 0.4) is 0 Å². The van der Waals surface area contributed by atoms with Crippen LogP contribution in [-0.2, 0) is 4.74 Å². The van der Waals surface area contributed by atoms with E-state index in [1.807, 2.05) is 0 Å². The second-order valence-electron chi connectivity index (χ2n) is 5.42. The van der Waals surface area contributed by atoms with E-state index in [1.165, 1.54) is 0 Å². The maximum atomic E-state index is 12.4. The molecule has 0 spiro atoms. The molecule has 18 heavy (non-hydrogen) atoms. The maximum absolute atomic E-state index is 12.4. The molecule has 0 aromatic heterocycles. The van der Waals surface area contributed by atoms with Crippen molar-refractivity contribution in [1.29, 1.82) is 0 Å². The number of carbonyl (C=O) groups excluding carboxylic acids is 1. The Bertz CT molecular complexity index is 292. The van der Waals surface area contributed by atoms with Crippen LogP contribution in [-0.4, -0.2) is 36.5 Å². The molecule has 2 atom stereocenters. The fraction of sp³-hybridized carbons (Fsp3) is 0.909. The maximum Gasteiger partial charge on any atom is 0.407 e. The molecule has 1 amide bonds. The van der Waals surface area contributed by atoms with Gasteiger partial charge in [-0.3, -0.25) is 0 Å². The van der Waals surface area contributed by atoms with E-state index in [4.69, 9.17) is 4.74 Å². The number of halogens is 3. The van der Waals surface area contributed by atoms with Gasteiger partial charge in [-0.2, -0.15) is 13.2 Å². The number of amides is 1. The van der Waals surface area contributed by atoms with Crippen LogP contribution in [0.25, 0.3) is 0 Å². The van der Waals surface area contributed by atoms with Crippen molar-refractivity contribution in [2.45, 2.75) is 57.5 Å². The Hall–Kier alpha value is -0.980. The lowest BCUT2D eigenvalue weighted by Crippen LogP contribution is -2.54. The van der Waals surface area contributed by atoms with Crippen molar-refractivity contribution in [1.82, 2.24) is 10.6 Å². The summed E-state index contributed by atoms with van der Waals surface area (Å²) in [6.07, 6.45) is -4.57. The fourth-order valence-corrected chi connectivity index (χ4v) is 1.73. The molecule has 0 saturated carbocycles. The van der Waals surface area contributed by atoms with Crippen molar-refractivity contribution in [2.75, 3.05) is 6.54 Å². The second-order valence-corrected chi connectivity index (χ2v) is 5.42. The van der Waals surface area contributed by atoms with E-state index >= 15 is 0 Å². The first-order valence-corrected chi connectivity index (χ1v) is 5.87. The average molecular weight is 268 g/mol. The van der Waals surface area contributed by atoms with Crippen LogP contribution in [0.4, 0.5) is 18.0 Å². The fourth-order valence-electron chi connectivity index (χ4n) is 1.73. The molecule has 0 unspecified atom stereocenters. The molecule has 7 heteroatoms. The first-order chi connectivity index (χ1) is 8.08. The number of alkyl halides is 3. The minimum Gasteiger partial charge on any atom is -0.444 e. The van der Waals surface area contributed by atoms with Crippen LogP contribution in [0.15, 0.2) is 0 Å². The summed E-state index contributed by atoms with van der Waals surface area (Å²) in [6, 6.07) is -1.80. The Balaban J connectivity index is 2.34. The Kier molecular flexibility index (Phi) is 4.47. The summed E-state index contributed by atoms with van der Waals surface area (Å²) in [5.41, 5.74) is -0.610. The van der Waals surface area contributed by atoms with Gasteiger partial charge in [0, 0.05) is 12.6 Å². The molecule has 1 heterocycles. The smallest absolute Gasteiger partial charge is 0.407 e. The summed E-state index contributed by atoms with van der Waals surface area (Å²) in [4.78, 5) is 11.4. The highest BCUT2D eigenvalue weighted by molar-refractivity contribution is 5.68. The van der Waals surface area contributed by atoms with E-state index < -0.39 is 23.9 Å². The lowest BCUT2D eigenvalue weighted by Gasteiger charge is -2.32. The van der Waals surface area contributed by atoms with Gasteiger partial charge in [0.1, 0.15) is 11.6 Å². The summed E-state index contributed by atoms with van der Waals surface area (Å²) < 4.78 is 42.2. The number of hydrogen-bond donors (Lipinski definition) is 2. The minimum atomic E-state index is -4.23. The first-order valence-electron chi connectivity index (χ1n) is 5.87. The molecule has 4 nitrogen and oxygen atoms in total. The standard InChI is InChI=1S/C11H19F3N2O2/c1-10(2,3)18-9(17)16-7-4-5-8(15-6-7)11(12,13)14/h7-8,15H,4-6H2,1-3H3,(H,16,17)/t7-,8+/m1/s1. The van der Waals surface area contributed by atoms with Crippen molar-refractivity contribution in [3.63, 3.8) is 0 Å². The number of rotatable bonds is 1. The van der Waals surface area contributed by atoms with Crippen LogP contribution in [0.1, 0.15) is 33.6 Å². The highest BCUT2D eigenvalue weighted by atomic mass is 19.4. The van der Waals surface area contributed by atoms with Gasteiger partial charge in [0.15, 0.2) is 0 Å². The van der Waals surface area contributed by atoms with Crippen LogP contribution >= 0.6 is 0 Å². The van der Waals surface area contributed by atoms with Gasteiger partial charge in [-0.1, -0.05) is 0 Å². The van der Waals surface area contributed by atoms with Crippen LogP contribution in [0, 0.1) is 0 Å². The van der Waals surface area contributed by atoms with Gasteiger partial charge in [0.05, 0.1) is 0 Å². The molecule has 1 aliphatic heterocycles. The number of nitrogens with one attached hydrogen (secondary N) is 2. The highest BCUT2D eigenvalue weighted by Crippen LogP contribution is 2.26. The zero-order chi connectivity index (χ0) is 14.0. The summed E-state index contributed by atoms with van der Waals surface area (Å²) in [5, 5.41) is 4.94. The molecule has 0 aromatic carbocycles. The predicted octanol–water partition coefficient (Wildman–Crippen LogP) is 2.19. The van der Waals surface area contributed by atoms with Gasteiger partial charge in [-0.15, -0.1) is 0 Å². The number of piperidine rings is 1. The Morgan fingerprint density at radius 1 is 1.28 bits per heavy atom. The zero-order valence-electron chi connectivity index (χ0n) is 10.7. The van der Waals surface area contributed by atoms with Crippen molar-refractivity contribution in [3.05, 3.63) is 0 Å². The molecule has 0 radical (unpaired) electrons. The number of ether oxygens (including phenoxy) is 1. The quantitative estimate of drug-likeness (QED) is 0.766. The predicted molar refractivity (Wildman–Crippen MR) is 60.2 cm³/mol. The Labute approximate surface area is 104 Å². The Morgan fingerprint density at radius 3 is 2.28 bits per heavy atom. The van der Waals surface area contributed by atoms with E-state index in [0.717, 1.165) is 0 Å². The van der Waals surface area contributed by atoms with Gasteiger partial charge in [0.2, 0.25) is 0 Å². The van der Waals surface area contributed by atoms with Crippen molar-refractivity contribution < 1.29 is 22.7 Å². The van der Waals surface area contributed by atoms with E-state index in [-0.39, 0.29) is 25.4 Å². The van der Waals surface area contributed by atoms with Crippen LogP contribution in [0.5, 0.6) is 0 Å². The molecule has 0 aromatic rings. The molecular formula is C11H19F3N2O2. The van der Waals surface area contributed by atoms with Gasteiger partial charge in [0.25, 0.3) is 0 Å². The third-order valence-corrected chi connectivity index (χ3v) is 2.53. The normalized spacial score (nSPS) is 25.7. The molecular weight excluding hydrogens is 249 g/mol. The SMILES string of the molecule is CC(C)(C)OC(=O)N[C@@H]1CC[C@@H](C(F)(F)F)NC1. The van der Waals surface area contributed by atoms with Gasteiger partial charge < -0.3 is 15.4 Å². The first kappa shape index (κ1) is 15.1. The molecule has 0 aliphatic carbocycles. The van der Waals surface area contributed by atoms with Crippen molar-refractivity contribution in [3.8, 4) is 0 Å². The lowest BCUT2D eigenvalue weighted by molar-refractivity contribution is -0.160. The van der Waals surface area contributed by atoms with E-state index in [2.05, 4.69) is 10.6 Å². The van der Waals surface area contributed by atoms with Crippen LogP contribution in [0.2, 0.25) is 0 Å². The number of hydrogen-bond acceptors (Lipinski definition) is 3. The average Bonchev–Trinajstić information content (AvgIpc) is 2.13.